The lowest BCUT2D eigenvalue weighted by atomic mass is 10.1. The summed E-state index contributed by atoms with van der Waals surface area (Å²) in [5.74, 6) is -1.94. The zero-order chi connectivity index (χ0) is 26.6. The highest BCUT2D eigenvalue weighted by atomic mass is 32.1. The van der Waals surface area contributed by atoms with Crippen LogP contribution in [0.5, 0.6) is 0 Å². The summed E-state index contributed by atoms with van der Waals surface area (Å²) in [6.45, 7) is 1.46. The van der Waals surface area contributed by atoms with Crippen LogP contribution >= 0.6 is 11.3 Å². The van der Waals surface area contributed by atoms with Crippen molar-refractivity contribution in [2.45, 2.75) is 19.5 Å². The number of alkyl halides is 5. The number of carbonyl (C=O) groups excluding carboxylic acids is 2. The van der Waals surface area contributed by atoms with E-state index in [1.165, 1.54) is 25.3 Å². The summed E-state index contributed by atoms with van der Waals surface area (Å²) in [4.78, 5) is 32.7. The molecule has 0 saturated carbocycles. The zero-order valence-corrected chi connectivity index (χ0v) is 19.2. The number of hydrogen-bond donors (Lipinski definition) is 2. The van der Waals surface area contributed by atoms with E-state index < -0.39 is 35.8 Å². The standard InChI is InChI=1S/C22H13F5N6O3S/c1-8-5-11(17(23)24)33-19(30-8)10(7-29-33)20(35)32-15-14-9(12-3-2-4-36-12)6-13(22(25,26)27)31-21(14)37-16(15)18(28)34/h2-7,17H,1H3,(H2,28,34)(H,32,35). The number of rotatable bonds is 5. The topological polar surface area (TPSA) is 128 Å². The van der Waals surface area contributed by atoms with Crippen molar-refractivity contribution in [2.75, 3.05) is 5.32 Å². The first-order chi connectivity index (χ1) is 17.5. The molecule has 0 fully saturated rings. The Morgan fingerprint density at radius 2 is 1.97 bits per heavy atom. The number of amides is 2. The Hall–Kier alpha value is -4.40. The minimum absolute atomic E-state index is 0.0112. The summed E-state index contributed by atoms with van der Waals surface area (Å²) < 4.78 is 73.7. The Kier molecular flexibility index (Phi) is 5.66. The van der Waals surface area contributed by atoms with Gasteiger partial charge in [0.25, 0.3) is 18.2 Å². The molecule has 0 spiro atoms. The largest absolute Gasteiger partial charge is 0.464 e. The Labute approximate surface area is 206 Å². The van der Waals surface area contributed by atoms with E-state index in [2.05, 4.69) is 20.4 Å². The van der Waals surface area contributed by atoms with Crippen molar-refractivity contribution in [3.05, 3.63) is 64.2 Å². The molecule has 190 valence electrons. The van der Waals surface area contributed by atoms with Gasteiger partial charge in [0.05, 0.1) is 18.1 Å². The summed E-state index contributed by atoms with van der Waals surface area (Å²) in [7, 11) is 0. The van der Waals surface area contributed by atoms with Gasteiger partial charge in [-0.05, 0) is 31.2 Å². The number of halogens is 5. The fraction of sp³-hybridized carbons (Fsp3) is 0.136. The smallest absolute Gasteiger partial charge is 0.433 e. The van der Waals surface area contributed by atoms with Crippen LogP contribution in [0.4, 0.5) is 27.6 Å². The van der Waals surface area contributed by atoms with Gasteiger partial charge in [0.2, 0.25) is 0 Å². The highest BCUT2D eigenvalue weighted by molar-refractivity contribution is 7.21. The maximum absolute atomic E-state index is 13.6. The number of aryl methyl sites for hydroxylation is 1. The van der Waals surface area contributed by atoms with Gasteiger partial charge in [-0.25, -0.2) is 23.3 Å². The number of nitrogens with zero attached hydrogens (tertiary/aromatic N) is 4. The van der Waals surface area contributed by atoms with E-state index in [4.69, 9.17) is 10.2 Å². The number of primary amides is 1. The maximum atomic E-state index is 13.6. The van der Waals surface area contributed by atoms with Crippen LogP contribution in [0.3, 0.4) is 0 Å². The molecule has 37 heavy (non-hydrogen) atoms. The van der Waals surface area contributed by atoms with Crippen LogP contribution in [0.25, 0.3) is 27.2 Å². The molecular formula is C22H13F5N6O3S. The third-order valence-corrected chi connectivity index (χ3v) is 6.40. The van der Waals surface area contributed by atoms with Crippen LogP contribution in [0.2, 0.25) is 0 Å². The number of pyridine rings is 1. The van der Waals surface area contributed by atoms with Gasteiger partial charge < -0.3 is 15.5 Å². The molecule has 0 aliphatic carbocycles. The second-order valence-electron chi connectivity index (χ2n) is 7.75. The maximum Gasteiger partial charge on any atom is 0.433 e. The van der Waals surface area contributed by atoms with Crippen LogP contribution in [0, 0.1) is 6.92 Å². The average molecular weight is 536 g/mol. The summed E-state index contributed by atoms with van der Waals surface area (Å²) in [5, 5.41) is 6.26. The molecular weight excluding hydrogens is 523 g/mol. The molecule has 0 bridgehead atoms. The molecule has 0 atom stereocenters. The van der Waals surface area contributed by atoms with Crippen LogP contribution < -0.4 is 11.1 Å². The summed E-state index contributed by atoms with van der Waals surface area (Å²) in [6, 6.07) is 4.68. The lowest BCUT2D eigenvalue weighted by Crippen LogP contribution is -2.17. The van der Waals surface area contributed by atoms with E-state index in [0.29, 0.717) is 11.3 Å². The van der Waals surface area contributed by atoms with Crippen molar-refractivity contribution < 1.29 is 36.0 Å². The Morgan fingerprint density at radius 3 is 2.59 bits per heavy atom. The SMILES string of the molecule is Cc1cc(C(F)F)n2ncc(C(=O)Nc3c(C(N)=O)sc4nc(C(F)(F)F)cc(-c5ccco5)c34)c2n1. The highest BCUT2D eigenvalue weighted by Crippen LogP contribution is 2.44. The zero-order valence-electron chi connectivity index (χ0n) is 18.4. The van der Waals surface area contributed by atoms with E-state index in [0.717, 1.165) is 22.8 Å². The Morgan fingerprint density at radius 1 is 1.22 bits per heavy atom. The molecule has 5 heterocycles. The monoisotopic (exact) mass is 536 g/mol. The van der Waals surface area contributed by atoms with Crippen LogP contribution in [0.1, 0.15) is 43.5 Å². The number of nitrogens with two attached hydrogens (primary N) is 1. The number of aromatic nitrogens is 4. The van der Waals surface area contributed by atoms with Gasteiger partial charge in [-0.15, -0.1) is 11.3 Å². The van der Waals surface area contributed by atoms with E-state index in [9.17, 15) is 31.5 Å². The van der Waals surface area contributed by atoms with E-state index >= 15 is 0 Å². The first kappa shape index (κ1) is 24.3. The fourth-order valence-electron chi connectivity index (χ4n) is 3.77. The molecule has 0 saturated heterocycles. The molecule has 0 aliphatic rings. The predicted octanol–water partition coefficient (Wildman–Crippen LogP) is 5.22. The Bertz CT molecular complexity index is 1690. The van der Waals surface area contributed by atoms with Gasteiger partial charge >= 0.3 is 6.18 Å². The first-order valence-electron chi connectivity index (χ1n) is 10.3. The molecule has 0 radical (unpaired) electrons. The molecule has 5 aromatic heterocycles. The van der Waals surface area contributed by atoms with Gasteiger partial charge in [-0.2, -0.15) is 18.3 Å². The second-order valence-corrected chi connectivity index (χ2v) is 8.75. The molecule has 0 unspecified atom stereocenters. The fourth-order valence-corrected chi connectivity index (χ4v) is 4.78. The van der Waals surface area contributed by atoms with Gasteiger partial charge in [0, 0.05) is 16.6 Å². The van der Waals surface area contributed by atoms with Crippen molar-refractivity contribution in [1.82, 2.24) is 19.6 Å². The van der Waals surface area contributed by atoms with Gasteiger partial charge in [-0.1, -0.05) is 0 Å². The summed E-state index contributed by atoms with van der Waals surface area (Å²) in [6.07, 6.45) is -5.48. The third kappa shape index (κ3) is 4.16. The quantitative estimate of drug-likeness (QED) is 0.297. The van der Waals surface area contributed by atoms with Crippen molar-refractivity contribution in [3.63, 3.8) is 0 Å². The van der Waals surface area contributed by atoms with Crippen LogP contribution in [-0.2, 0) is 6.18 Å². The van der Waals surface area contributed by atoms with Crippen LogP contribution in [0.15, 0.2) is 41.1 Å². The minimum Gasteiger partial charge on any atom is -0.464 e. The summed E-state index contributed by atoms with van der Waals surface area (Å²) in [5.41, 5.74) is 3.19. The van der Waals surface area contributed by atoms with Crippen LogP contribution in [-0.4, -0.2) is 31.4 Å². The molecule has 15 heteroatoms. The predicted molar refractivity (Wildman–Crippen MR) is 121 cm³/mol. The Balaban J connectivity index is 1.71. The summed E-state index contributed by atoms with van der Waals surface area (Å²) >= 11 is 0.548. The first-order valence-corrected chi connectivity index (χ1v) is 11.1. The lowest BCUT2D eigenvalue weighted by molar-refractivity contribution is -0.140. The normalized spacial score (nSPS) is 12.1. The molecule has 5 rings (SSSR count). The minimum atomic E-state index is -4.82. The number of fused-ring (bicyclic) bond motifs is 2. The van der Waals surface area contributed by atoms with Crippen molar-refractivity contribution in [2.24, 2.45) is 5.73 Å². The number of thiophene rings is 1. The van der Waals surface area contributed by atoms with Gasteiger partial charge in [-0.3, -0.25) is 9.59 Å². The molecule has 9 nitrogen and oxygen atoms in total. The lowest BCUT2D eigenvalue weighted by Gasteiger charge is -2.11. The second kappa shape index (κ2) is 8.62. The van der Waals surface area contributed by atoms with E-state index in [1.807, 2.05) is 0 Å². The van der Waals surface area contributed by atoms with Crippen molar-refractivity contribution in [1.29, 1.82) is 0 Å². The molecule has 2 amide bonds. The number of hydrogen-bond acceptors (Lipinski definition) is 7. The van der Waals surface area contributed by atoms with Gasteiger partial charge in [0.1, 0.15) is 32.4 Å². The van der Waals surface area contributed by atoms with E-state index in [-0.39, 0.29) is 49.0 Å². The number of furan rings is 1. The average Bonchev–Trinajstić information content (AvgIpc) is 3.56. The number of carbonyl (C=O) groups is 2. The molecule has 0 aromatic carbocycles. The molecule has 5 aromatic rings. The van der Waals surface area contributed by atoms with E-state index in [1.54, 1.807) is 0 Å². The molecule has 0 aliphatic heterocycles. The third-order valence-electron chi connectivity index (χ3n) is 5.30. The number of nitrogens with one attached hydrogen (secondary N) is 1. The molecule has 3 N–H and O–H groups in total. The highest BCUT2D eigenvalue weighted by Gasteiger charge is 2.35. The number of anilines is 1. The van der Waals surface area contributed by atoms with Gasteiger partial charge in [0.15, 0.2) is 5.65 Å². The van der Waals surface area contributed by atoms with Crippen molar-refractivity contribution >= 4 is 44.7 Å². The van der Waals surface area contributed by atoms with Crippen molar-refractivity contribution in [3.8, 4) is 11.3 Å².